The van der Waals surface area contributed by atoms with Crippen molar-refractivity contribution in [2.75, 3.05) is 19.6 Å². The molecule has 1 N–H and O–H groups in total. The number of aliphatic hydroxyl groups is 1. The van der Waals surface area contributed by atoms with Crippen LogP contribution in [0.25, 0.3) is 38.9 Å². The smallest absolute Gasteiger partial charge is 0.266 e. The Hall–Kier alpha value is -3.10. The molecule has 2 aromatic carbocycles. The number of benzene rings is 2. The SMILES string of the molecule is Cl.O=c1c2cc(-c3ccc(Cl)cc3)oc2ccn1-c1ccc2c(cnn2CCN2CC[C@@H](O)C2)c1. The average Bonchev–Trinajstić information content (AvgIpc) is 3.56. The van der Waals surface area contributed by atoms with E-state index in [4.69, 9.17) is 16.0 Å². The summed E-state index contributed by atoms with van der Waals surface area (Å²) < 4.78 is 9.53. The molecule has 1 fully saturated rings. The van der Waals surface area contributed by atoms with Crippen molar-refractivity contribution in [3.63, 3.8) is 0 Å². The summed E-state index contributed by atoms with van der Waals surface area (Å²) in [6, 6.07) is 16.9. The number of pyridine rings is 1. The molecule has 9 heteroatoms. The summed E-state index contributed by atoms with van der Waals surface area (Å²) in [6.07, 6.45) is 4.19. The highest BCUT2D eigenvalue weighted by Gasteiger charge is 2.20. The first-order valence-corrected chi connectivity index (χ1v) is 11.7. The highest BCUT2D eigenvalue weighted by molar-refractivity contribution is 6.30. The molecule has 1 saturated heterocycles. The zero-order valence-corrected chi connectivity index (χ0v) is 20.4. The van der Waals surface area contributed by atoms with Crippen LogP contribution < -0.4 is 5.56 Å². The van der Waals surface area contributed by atoms with E-state index in [-0.39, 0.29) is 24.1 Å². The molecule has 3 aromatic heterocycles. The Morgan fingerprint density at radius 1 is 1.09 bits per heavy atom. The number of fused-ring (bicyclic) bond motifs is 2. The van der Waals surface area contributed by atoms with E-state index in [1.807, 2.05) is 47.3 Å². The molecule has 0 bridgehead atoms. The maximum absolute atomic E-state index is 13.3. The van der Waals surface area contributed by atoms with Gasteiger partial charge in [0, 0.05) is 47.5 Å². The third-order valence-corrected chi connectivity index (χ3v) is 6.74. The monoisotopic (exact) mass is 510 g/mol. The van der Waals surface area contributed by atoms with Crippen molar-refractivity contribution >= 4 is 45.9 Å². The van der Waals surface area contributed by atoms with E-state index < -0.39 is 0 Å². The minimum atomic E-state index is -0.218. The van der Waals surface area contributed by atoms with Crippen molar-refractivity contribution in [2.45, 2.75) is 19.1 Å². The van der Waals surface area contributed by atoms with Crippen LogP contribution in [0.2, 0.25) is 5.02 Å². The van der Waals surface area contributed by atoms with Crippen LogP contribution in [0.4, 0.5) is 0 Å². The van der Waals surface area contributed by atoms with Gasteiger partial charge in [0.15, 0.2) is 0 Å². The van der Waals surface area contributed by atoms with E-state index in [1.165, 1.54) is 0 Å². The fraction of sp³-hybridized carbons (Fsp3) is 0.231. The molecule has 4 heterocycles. The number of likely N-dealkylation sites (tertiary alicyclic amines) is 1. The lowest BCUT2D eigenvalue weighted by Gasteiger charge is -2.15. The van der Waals surface area contributed by atoms with Crippen LogP contribution in [0.1, 0.15) is 6.42 Å². The van der Waals surface area contributed by atoms with Crippen molar-refractivity contribution in [1.29, 1.82) is 0 Å². The number of β-amino-alcohol motifs (C(OH)–C–C–N with tert-alkyl or cyclic N) is 1. The minimum Gasteiger partial charge on any atom is -0.456 e. The molecule has 1 aliphatic heterocycles. The molecule has 1 aliphatic rings. The van der Waals surface area contributed by atoms with E-state index >= 15 is 0 Å². The van der Waals surface area contributed by atoms with Gasteiger partial charge in [0.2, 0.25) is 0 Å². The van der Waals surface area contributed by atoms with E-state index in [0.29, 0.717) is 21.8 Å². The molecule has 35 heavy (non-hydrogen) atoms. The number of aromatic nitrogens is 3. The first kappa shape index (κ1) is 23.6. The Morgan fingerprint density at radius 2 is 1.91 bits per heavy atom. The Kier molecular flexibility index (Phi) is 6.42. The van der Waals surface area contributed by atoms with Crippen LogP contribution in [-0.4, -0.2) is 50.1 Å². The second-order valence-electron chi connectivity index (χ2n) is 8.74. The van der Waals surface area contributed by atoms with Gasteiger partial charge in [-0.3, -0.25) is 18.9 Å². The predicted octanol–water partition coefficient (Wildman–Crippen LogP) is 4.74. The maximum Gasteiger partial charge on any atom is 0.266 e. The van der Waals surface area contributed by atoms with Gasteiger partial charge in [0.05, 0.1) is 29.7 Å². The summed E-state index contributed by atoms with van der Waals surface area (Å²) in [5.74, 6) is 0.628. The number of furan rings is 1. The van der Waals surface area contributed by atoms with E-state index in [2.05, 4.69) is 10.00 Å². The normalized spacial score (nSPS) is 16.2. The highest BCUT2D eigenvalue weighted by atomic mass is 35.5. The van der Waals surface area contributed by atoms with Crippen LogP contribution in [0.5, 0.6) is 0 Å². The van der Waals surface area contributed by atoms with E-state index in [1.54, 1.807) is 29.0 Å². The van der Waals surface area contributed by atoms with Gasteiger partial charge < -0.3 is 9.52 Å². The van der Waals surface area contributed by atoms with Gasteiger partial charge >= 0.3 is 0 Å². The number of hydrogen-bond acceptors (Lipinski definition) is 5. The molecule has 7 nitrogen and oxygen atoms in total. The van der Waals surface area contributed by atoms with Gasteiger partial charge in [0.1, 0.15) is 11.3 Å². The first-order valence-electron chi connectivity index (χ1n) is 11.3. The zero-order valence-electron chi connectivity index (χ0n) is 18.8. The predicted molar refractivity (Wildman–Crippen MR) is 140 cm³/mol. The van der Waals surface area contributed by atoms with Gasteiger partial charge in [-0.15, -0.1) is 12.4 Å². The summed E-state index contributed by atoms with van der Waals surface area (Å²) in [5, 5.41) is 16.4. The summed E-state index contributed by atoms with van der Waals surface area (Å²) in [5.41, 5.74) is 3.07. The van der Waals surface area contributed by atoms with Gasteiger partial charge in [-0.1, -0.05) is 11.6 Å². The average molecular weight is 511 g/mol. The van der Waals surface area contributed by atoms with Gasteiger partial charge in [-0.25, -0.2) is 0 Å². The lowest BCUT2D eigenvalue weighted by molar-refractivity contribution is 0.175. The highest BCUT2D eigenvalue weighted by Crippen LogP contribution is 2.28. The molecule has 0 spiro atoms. The molecule has 0 saturated carbocycles. The second-order valence-corrected chi connectivity index (χ2v) is 9.18. The van der Waals surface area contributed by atoms with Crippen molar-refractivity contribution < 1.29 is 9.52 Å². The minimum absolute atomic E-state index is 0. The van der Waals surface area contributed by atoms with Crippen LogP contribution in [0.15, 0.2) is 76.2 Å². The number of rotatable bonds is 5. The Morgan fingerprint density at radius 3 is 2.69 bits per heavy atom. The standard InChI is InChI=1S/C26H23ClN4O3.ClH/c27-19-3-1-17(2-4-19)25-14-22-24(34-25)8-10-30(26(22)33)20-5-6-23-18(13-20)15-28-31(23)12-11-29-9-7-21(32)16-29;/h1-6,8,10,13-15,21,32H,7,9,11-12,16H2;1H/t21-;/m1./s1. The topological polar surface area (TPSA) is 76.4 Å². The quantitative estimate of drug-likeness (QED) is 0.369. The molecule has 1 atom stereocenters. The van der Waals surface area contributed by atoms with Crippen molar-refractivity contribution in [1.82, 2.24) is 19.2 Å². The number of aliphatic hydroxyl groups excluding tert-OH is 1. The van der Waals surface area contributed by atoms with Gasteiger partial charge in [-0.2, -0.15) is 5.10 Å². The molecule has 0 radical (unpaired) electrons. The Balaban J connectivity index is 0.00000253. The summed E-state index contributed by atoms with van der Waals surface area (Å²) in [6.45, 7) is 3.25. The Labute approximate surface area is 212 Å². The summed E-state index contributed by atoms with van der Waals surface area (Å²) in [4.78, 5) is 15.5. The molecule has 5 aromatic rings. The molecule has 0 amide bonds. The zero-order chi connectivity index (χ0) is 23.2. The summed E-state index contributed by atoms with van der Waals surface area (Å²) >= 11 is 5.99. The fourth-order valence-corrected chi connectivity index (χ4v) is 4.78. The molecule has 0 unspecified atom stereocenters. The van der Waals surface area contributed by atoms with E-state index in [9.17, 15) is 9.90 Å². The third kappa shape index (κ3) is 4.48. The Bertz CT molecular complexity index is 1550. The number of nitrogens with zero attached hydrogens (tertiary/aromatic N) is 4. The lowest BCUT2D eigenvalue weighted by atomic mass is 10.1. The van der Waals surface area contributed by atoms with Gasteiger partial charge in [0.25, 0.3) is 5.56 Å². The molecular weight excluding hydrogens is 487 g/mol. The first-order chi connectivity index (χ1) is 16.5. The third-order valence-electron chi connectivity index (χ3n) is 6.49. The van der Waals surface area contributed by atoms with Crippen LogP contribution in [0, 0.1) is 0 Å². The number of hydrogen-bond donors (Lipinski definition) is 1. The fourth-order valence-electron chi connectivity index (χ4n) is 4.65. The van der Waals surface area contributed by atoms with Crippen LogP contribution in [0.3, 0.4) is 0 Å². The largest absolute Gasteiger partial charge is 0.456 e. The molecule has 6 rings (SSSR count). The lowest BCUT2D eigenvalue weighted by Crippen LogP contribution is -2.26. The summed E-state index contributed by atoms with van der Waals surface area (Å²) in [7, 11) is 0. The maximum atomic E-state index is 13.3. The second kappa shape index (κ2) is 9.51. The molecule has 180 valence electrons. The van der Waals surface area contributed by atoms with Crippen LogP contribution in [-0.2, 0) is 6.54 Å². The van der Waals surface area contributed by atoms with Crippen molar-refractivity contribution in [3.8, 4) is 17.0 Å². The van der Waals surface area contributed by atoms with Crippen LogP contribution >= 0.6 is 24.0 Å². The van der Waals surface area contributed by atoms with Crippen molar-refractivity contribution in [3.05, 3.63) is 82.4 Å². The van der Waals surface area contributed by atoms with E-state index in [0.717, 1.165) is 54.8 Å². The van der Waals surface area contributed by atoms with Gasteiger partial charge in [-0.05, 0) is 61.0 Å². The van der Waals surface area contributed by atoms with Crippen molar-refractivity contribution in [2.24, 2.45) is 0 Å². The molecular formula is C26H24Cl2N4O3. The molecule has 0 aliphatic carbocycles. The number of halogens is 2.